The van der Waals surface area contributed by atoms with Crippen molar-refractivity contribution in [1.29, 1.82) is 0 Å². The fourth-order valence-electron chi connectivity index (χ4n) is 2.23. The zero-order valence-electron chi connectivity index (χ0n) is 13.2. The summed E-state index contributed by atoms with van der Waals surface area (Å²) in [4.78, 5) is 4.20. The topological polar surface area (TPSA) is 39.1 Å². The number of rotatable bonds is 8. The van der Waals surface area contributed by atoms with Gasteiger partial charge in [-0.2, -0.15) is 0 Å². The van der Waals surface area contributed by atoms with Crippen molar-refractivity contribution in [2.75, 3.05) is 13.2 Å². The van der Waals surface area contributed by atoms with Crippen molar-refractivity contribution >= 4 is 0 Å². The largest absolute Gasteiger partial charge is 0.492 e. The smallest absolute Gasteiger partial charge is 0.119 e. The van der Waals surface area contributed by atoms with Crippen molar-refractivity contribution in [2.24, 2.45) is 0 Å². The summed E-state index contributed by atoms with van der Waals surface area (Å²) in [6, 6.07) is 8.73. The third-order valence-corrected chi connectivity index (χ3v) is 3.61. The SMILES string of the molecule is CCCNC(C)c1ccc(OCCn2ccnc2C)cc1. The highest BCUT2D eigenvalue weighted by molar-refractivity contribution is 5.28. The molecular weight excluding hydrogens is 262 g/mol. The number of aryl methyl sites for hydroxylation is 1. The molecule has 0 saturated heterocycles. The fourth-order valence-corrected chi connectivity index (χ4v) is 2.23. The molecule has 21 heavy (non-hydrogen) atoms. The monoisotopic (exact) mass is 287 g/mol. The predicted molar refractivity (Wildman–Crippen MR) is 85.6 cm³/mol. The summed E-state index contributed by atoms with van der Waals surface area (Å²) in [5.74, 6) is 1.93. The number of imidazole rings is 1. The molecule has 1 unspecified atom stereocenters. The van der Waals surface area contributed by atoms with Crippen LogP contribution in [-0.2, 0) is 6.54 Å². The van der Waals surface area contributed by atoms with Gasteiger partial charge < -0.3 is 14.6 Å². The molecule has 4 nitrogen and oxygen atoms in total. The first-order valence-corrected chi connectivity index (χ1v) is 7.64. The van der Waals surface area contributed by atoms with Crippen molar-refractivity contribution in [3.05, 3.63) is 48.0 Å². The summed E-state index contributed by atoms with van der Waals surface area (Å²) in [6.07, 6.45) is 4.94. The van der Waals surface area contributed by atoms with Gasteiger partial charge in [0.05, 0.1) is 6.54 Å². The van der Waals surface area contributed by atoms with Gasteiger partial charge in [0.2, 0.25) is 0 Å². The van der Waals surface area contributed by atoms with Crippen molar-refractivity contribution < 1.29 is 4.74 Å². The van der Waals surface area contributed by atoms with Crippen LogP contribution in [0.4, 0.5) is 0 Å². The Kier molecular flexibility index (Phi) is 5.81. The van der Waals surface area contributed by atoms with Gasteiger partial charge in [0, 0.05) is 18.4 Å². The number of benzene rings is 1. The van der Waals surface area contributed by atoms with Gasteiger partial charge in [-0.3, -0.25) is 0 Å². The molecule has 0 saturated carbocycles. The molecule has 0 radical (unpaired) electrons. The summed E-state index contributed by atoms with van der Waals surface area (Å²) in [5, 5.41) is 3.48. The van der Waals surface area contributed by atoms with E-state index in [-0.39, 0.29) is 0 Å². The third-order valence-electron chi connectivity index (χ3n) is 3.61. The molecule has 2 aromatic rings. The maximum atomic E-state index is 5.78. The van der Waals surface area contributed by atoms with E-state index < -0.39 is 0 Å². The highest BCUT2D eigenvalue weighted by Gasteiger charge is 2.04. The molecule has 0 bridgehead atoms. The average Bonchev–Trinajstić information content (AvgIpc) is 2.91. The van der Waals surface area contributed by atoms with Crippen molar-refractivity contribution in [3.8, 4) is 5.75 Å². The molecule has 2 rings (SSSR count). The summed E-state index contributed by atoms with van der Waals surface area (Å²) in [5.41, 5.74) is 1.29. The molecule has 4 heteroatoms. The minimum atomic E-state index is 0.382. The summed E-state index contributed by atoms with van der Waals surface area (Å²) in [7, 11) is 0. The second kappa shape index (κ2) is 7.84. The van der Waals surface area contributed by atoms with Gasteiger partial charge >= 0.3 is 0 Å². The molecule has 1 aromatic carbocycles. The number of nitrogens with one attached hydrogen (secondary N) is 1. The minimum Gasteiger partial charge on any atom is -0.492 e. The van der Waals surface area contributed by atoms with Crippen LogP contribution >= 0.6 is 0 Å². The van der Waals surface area contributed by atoms with Crippen molar-refractivity contribution in [1.82, 2.24) is 14.9 Å². The first-order valence-electron chi connectivity index (χ1n) is 7.64. The van der Waals surface area contributed by atoms with E-state index >= 15 is 0 Å². The first kappa shape index (κ1) is 15.6. The van der Waals surface area contributed by atoms with Crippen LogP contribution in [-0.4, -0.2) is 22.7 Å². The standard InChI is InChI=1S/C17H25N3O/c1-4-9-18-14(2)16-5-7-17(8-6-16)21-13-12-20-11-10-19-15(20)3/h5-8,10-11,14,18H,4,9,12-13H2,1-3H3. The summed E-state index contributed by atoms with van der Waals surface area (Å²) in [6.45, 7) is 8.89. The Morgan fingerprint density at radius 3 is 2.67 bits per heavy atom. The number of hydrogen-bond acceptors (Lipinski definition) is 3. The summed E-state index contributed by atoms with van der Waals surface area (Å²) < 4.78 is 7.87. The molecule has 1 heterocycles. The maximum absolute atomic E-state index is 5.78. The molecule has 114 valence electrons. The molecule has 0 aliphatic carbocycles. The van der Waals surface area contributed by atoms with Gasteiger partial charge in [-0.25, -0.2) is 4.98 Å². The van der Waals surface area contributed by atoms with E-state index in [1.165, 1.54) is 5.56 Å². The zero-order valence-corrected chi connectivity index (χ0v) is 13.2. The highest BCUT2D eigenvalue weighted by atomic mass is 16.5. The fraction of sp³-hybridized carbons (Fsp3) is 0.471. The molecular formula is C17H25N3O. The normalized spacial score (nSPS) is 12.3. The maximum Gasteiger partial charge on any atom is 0.119 e. The Bertz CT molecular complexity index is 533. The Balaban J connectivity index is 1.81. The lowest BCUT2D eigenvalue weighted by molar-refractivity contribution is 0.297. The first-order chi connectivity index (χ1) is 10.2. The molecule has 0 amide bonds. The van der Waals surface area contributed by atoms with E-state index in [4.69, 9.17) is 4.74 Å². The third kappa shape index (κ3) is 4.60. The Morgan fingerprint density at radius 1 is 1.29 bits per heavy atom. The lowest BCUT2D eigenvalue weighted by Crippen LogP contribution is -2.19. The Morgan fingerprint density at radius 2 is 2.05 bits per heavy atom. The molecule has 0 aliphatic rings. The van der Waals surface area contributed by atoms with E-state index in [1.807, 2.05) is 31.5 Å². The van der Waals surface area contributed by atoms with E-state index in [2.05, 4.69) is 40.8 Å². The van der Waals surface area contributed by atoms with Crippen LogP contribution < -0.4 is 10.1 Å². The number of nitrogens with zero attached hydrogens (tertiary/aromatic N) is 2. The lowest BCUT2D eigenvalue weighted by Gasteiger charge is -2.14. The second-order valence-electron chi connectivity index (χ2n) is 5.26. The number of ether oxygens (including phenoxy) is 1. The Labute approximate surface area is 127 Å². The zero-order chi connectivity index (χ0) is 15.1. The van der Waals surface area contributed by atoms with Crippen molar-refractivity contribution in [3.63, 3.8) is 0 Å². The minimum absolute atomic E-state index is 0.382. The predicted octanol–water partition coefficient (Wildman–Crippen LogP) is 3.33. The molecule has 0 aliphatic heterocycles. The molecule has 1 aromatic heterocycles. The van der Waals surface area contributed by atoms with E-state index in [1.54, 1.807) is 0 Å². The molecule has 0 spiro atoms. The number of aromatic nitrogens is 2. The van der Waals surface area contributed by atoms with Crippen LogP contribution in [0, 0.1) is 6.92 Å². The number of hydrogen-bond donors (Lipinski definition) is 1. The van der Waals surface area contributed by atoms with Crippen LogP contribution in [0.5, 0.6) is 5.75 Å². The van der Waals surface area contributed by atoms with Gasteiger partial charge in [0.25, 0.3) is 0 Å². The second-order valence-corrected chi connectivity index (χ2v) is 5.26. The van der Waals surface area contributed by atoms with Crippen LogP contribution in [0.2, 0.25) is 0 Å². The van der Waals surface area contributed by atoms with E-state index in [0.29, 0.717) is 12.6 Å². The lowest BCUT2D eigenvalue weighted by atomic mass is 10.1. The highest BCUT2D eigenvalue weighted by Crippen LogP contribution is 2.17. The quantitative estimate of drug-likeness (QED) is 0.809. The van der Waals surface area contributed by atoms with Gasteiger partial charge in [-0.05, 0) is 44.5 Å². The van der Waals surface area contributed by atoms with Crippen LogP contribution in [0.1, 0.15) is 37.7 Å². The molecule has 0 fully saturated rings. The van der Waals surface area contributed by atoms with Crippen LogP contribution in [0.3, 0.4) is 0 Å². The molecule has 1 atom stereocenters. The average molecular weight is 287 g/mol. The Hall–Kier alpha value is -1.81. The van der Waals surface area contributed by atoms with Gasteiger partial charge in [-0.1, -0.05) is 19.1 Å². The van der Waals surface area contributed by atoms with Crippen LogP contribution in [0.25, 0.3) is 0 Å². The van der Waals surface area contributed by atoms with Crippen LogP contribution in [0.15, 0.2) is 36.7 Å². The van der Waals surface area contributed by atoms with Gasteiger partial charge in [0.1, 0.15) is 18.2 Å². The molecule has 1 N–H and O–H groups in total. The van der Waals surface area contributed by atoms with Gasteiger partial charge in [0.15, 0.2) is 0 Å². The van der Waals surface area contributed by atoms with Gasteiger partial charge in [-0.15, -0.1) is 0 Å². The summed E-state index contributed by atoms with van der Waals surface area (Å²) >= 11 is 0. The van der Waals surface area contributed by atoms with Crippen molar-refractivity contribution in [2.45, 2.75) is 39.8 Å². The van der Waals surface area contributed by atoms with E-state index in [0.717, 1.165) is 31.1 Å². The van der Waals surface area contributed by atoms with E-state index in [9.17, 15) is 0 Å².